The van der Waals surface area contributed by atoms with Crippen molar-refractivity contribution in [2.75, 3.05) is 13.7 Å². The number of benzene rings is 2. The lowest BCUT2D eigenvalue weighted by Crippen LogP contribution is -2.40. The topological polar surface area (TPSA) is 81.7 Å². The minimum atomic E-state index is -5.54. The second kappa shape index (κ2) is 9.59. The summed E-state index contributed by atoms with van der Waals surface area (Å²) in [6.45, 7) is -0.666. The molecule has 0 aliphatic rings. The molecule has 0 unspecified atom stereocenters. The van der Waals surface area contributed by atoms with Crippen molar-refractivity contribution >= 4 is 31.9 Å². The maximum Gasteiger partial charge on any atom is 0.511 e. The van der Waals surface area contributed by atoms with Crippen LogP contribution >= 0.6 is 15.9 Å². The van der Waals surface area contributed by atoms with Crippen LogP contribution in [0.15, 0.2) is 54.6 Å². The molecule has 6 nitrogen and oxygen atoms in total. The summed E-state index contributed by atoms with van der Waals surface area (Å²) >= 11 is 3.13. The first-order valence-corrected chi connectivity index (χ1v) is 10.5. The van der Waals surface area contributed by atoms with E-state index in [-0.39, 0.29) is 5.56 Å². The molecule has 29 heavy (non-hydrogen) atoms. The average Bonchev–Trinajstić information content (AvgIpc) is 2.70. The number of methoxy groups -OCH3 is 1. The second-order valence-corrected chi connectivity index (χ2v) is 8.71. The molecule has 0 bridgehead atoms. The van der Waals surface area contributed by atoms with E-state index in [0.717, 1.165) is 0 Å². The highest BCUT2D eigenvalue weighted by Crippen LogP contribution is 2.30. The van der Waals surface area contributed by atoms with Gasteiger partial charge in [0, 0.05) is 6.54 Å². The SMILES string of the molecule is COc1ccc([C@H](OC(=O)c2ccccc2)[C@H](Br)CNS(=O)(=O)C(F)(F)F)cc1. The zero-order valence-corrected chi connectivity index (χ0v) is 17.4. The van der Waals surface area contributed by atoms with Crippen LogP contribution in [0.2, 0.25) is 0 Å². The number of esters is 1. The molecule has 0 fully saturated rings. The van der Waals surface area contributed by atoms with Crippen molar-refractivity contribution in [3.8, 4) is 5.75 Å². The number of nitrogens with one attached hydrogen (secondary N) is 1. The van der Waals surface area contributed by atoms with Crippen LogP contribution in [0.3, 0.4) is 0 Å². The van der Waals surface area contributed by atoms with Crippen molar-refractivity contribution in [1.82, 2.24) is 4.72 Å². The molecule has 2 atom stereocenters. The summed E-state index contributed by atoms with van der Waals surface area (Å²) in [5.41, 5.74) is -4.78. The molecular weight excluding hydrogens is 479 g/mol. The maximum absolute atomic E-state index is 12.6. The van der Waals surface area contributed by atoms with Crippen LogP contribution in [0.5, 0.6) is 5.75 Å². The Morgan fingerprint density at radius 2 is 1.69 bits per heavy atom. The normalized spacial score (nSPS) is 14.1. The van der Waals surface area contributed by atoms with Gasteiger partial charge in [-0.3, -0.25) is 0 Å². The van der Waals surface area contributed by atoms with Gasteiger partial charge in [-0.15, -0.1) is 0 Å². The highest BCUT2D eigenvalue weighted by atomic mass is 79.9. The van der Waals surface area contributed by atoms with Crippen molar-refractivity contribution in [1.29, 1.82) is 0 Å². The van der Waals surface area contributed by atoms with Crippen LogP contribution < -0.4 is 9.46 Å². The number of rotatable bonds is 8. The van der Waals surface area contributed by atoms with E-state index in [9.17, 15) is 26.4 Å². The maximum atomic E-state index is 12.6. The van der Waals surface area contributed by atoms with Crippen LogP contribution in [0.25, 0.3) is 0 Å². The molecule has 0 saturated carbocycles. The highest BCUT2D eigenvalue weighted by Gasteiger charge is 2.46. The predicted molar refractivity (Wildman–Crippen MR) is 103 cm³/mol. The number of hydrogen-bond donors (Lipinski definition) is 1. The Bertz CT molecular complexity index is 921. The minimum absolute atomic E-state index is 0.238. The summed E-state index contributed by atoms with van der Waals surface area (Å²) in [6, 6.07) is 14.3. The Kier molecular flexibility index (Phi) is 7.66. The van der Waals surface area contributed by atoms with Crippen LogP contribution in [0.1, 0.15) is 22.0 Å². The summed E-state index contributed by atoms with van der Waals surface area (Å²) in [7, 11) is -4.08. The fourth-order valence-corrected chi connectivity index (χ4v) is 3.63. The number of alkyl halides is 4. The molecule has 1 N–H and O–H groups in total. The van der Waals surface area contributed by atoms with Gasteiger partial charge < -0.3 is 9.47 Å². The van der Waals surface area contributed by atoms with Gasteiger partial charge in [0.25, 0.3) is 0 Å². The van der Waals surface area contributed by atoms with Gasteiger partial charge in [0.05, 0.1) is 17.5 Å². The molecule has 2 aromatic rings. The molecule has 0 heterocycles. The number of halogens is 4. The van der Waals surface area contributed by atoms with E-state index in [1.807, 2.05) is 0 Å². The van der Waals surface area contributed by atoms with Gasteiger partial charge in [0.2, 0.25) is 0 Å². The van der Waals surface area contributed by atoms with Gasteiger partial charge in [-0.25, -0.2) is 17.9 Å². The zero-order chi connectivity index (χ0) is 21.7. The quantitative estimate of drug-likeness (QED) is 0.445. The lowest BCUT2D eigenvalue weighted by molar-refractivity contribution is -0.0448. The first-order valence-electron chi connectivity index (χ1n) is 8.15. The number of carbonyl (C=O) groups excluding carboxylic acids is 1. The standard InChI is InChI=1S/C18H17BrF3NO5S/c1-27-14-9-7-12(8-10-14)16(28-17(24)13-5-3-2-4-6-13)15(19)11-23-29(25,26)18(20,21)22/h2-10,15-16,23H,11H2,1H3/t15-,16+/m1/s1. The smallest absolute Gasteiger partial charge is 0.497 e. The first kappa shape index (κ1) is 23.2. The number of sulfonamides is 1. The molecule has 0 saturated heterocycles. The van der Waals surface area contributed by atoms with Gasteiger partial charge in [-0.05, 0) is 29.8 Å². The van der Waals surface area contributed by atoms with Crippen molar-refractivity contribution in [2.24, 2.45) is 0 Å². The van der Waals surface area contributed by atoms with Gasteiger partial charge in [-0.1, -0.05) is 46.3 Å². The van der Waals surface area contributed by atoms with Crippen LogP contribution in [0.4, 0.5) is 13.2 Å². The molecule has 0 radical (unpaired) electrons. The molecule has 2 aromatic carbocycles. The molecule has 0 aromatic heterocycles. The van der Waals surface area contributed by atoms with Gasteiger partial charge in [0.1, 0.15) is 11.9 Å². The van der Waals surface area contributed by atoms with E-state index in [1.54, 1.807) is 42.5 Å². The molecule has 0 spiro atoms. The van der Waals surface area contributed by atoms with Crippen molar-refractivity contribution in [2.45, 2.75) is 16.4 Å². The third-order valence-electron chi connectivity index (χ3n) is 3.79. The number of ether oxygens (including phenoxy) is 2. The van der Waals surface area contributed by atoms with Crippen LogP contribution in [-0.4, -0.2) is 38.4 Å². The molecule has 0 amide bonds. The van der Waals surface area contributed by atoms with E-state index in [2.05, 4.69) is 15.9 Å². The van der Waals surface area contributed by atoms with Gasteiger partial charge in [0.15, 0.2) is 0 Å². The molecule has 0 aliphatic carbocycles. The van der Waals surface area contributed by atoms with E-state index in [4.69, 9.17) is 9.47 Å². The summed E-state index contributed by atoms with van der Waals surface area (Å²) in [5, 5.41) is 0. The largest absolute Gasteiger partial charge is 0.511 e. The summed E-state index contributed by atoms with van der Waals surface area (Å²) in [4.78, 5) is 11.4. The lowest BCUT2D eigenvalue weighted by Gasteiger charge is -2.24. The Morgan fingerprint density at radius 1 is 1.10 bits per heavy atom. The summed E-state index contributed by atoms with van der Waals surface area (Å²) in [5.74, 6) is -0.194. The molecular formula is C18H17BrF3NO5S. The number of carbonyl (C=O) groups is 1. The third-order valence-corrected chi connectivity index (χ3v) is 5.75. The van der Waals surface area contributed by atoms with Crippen molar-refractivity contribution < 1.29 is 35.9 Å². The van der Waals surface area contributed by atoms with Crippen molar-refractivity contribution in [3.05, 3.63) is 65.7 Å². The lowest BCUT2D eigenvalue weighted by atomic mass is 10.1. The van der Waals surface area contributed by atoms with E-state index in [1.165, 1.54) is 24.0 Å². The Balaban J connectivity index is 2.24. The monoisotopic (exact) mass is 495 g/mol. The predicted octanol–water partition coefficient (Wildman–Crippen LogP) is 3.80. The first-order chi connectivity index (χ1) is 13.5. The van der Waals surface area contributed by atoms with E-state index < -0.39 is 39.0 Å². The van der Waals surface area contributed by atoms with Gasteiger partial charge >= 0.3 is 21.5 Å². The van der Waals surface area contributed by atoms with Crippen LogP contribution in [0, 0.1) is 0 Å². The molecule has 158 valence electrons. The minimum Gasteiger partial charge on any atom is -0.497 e. The van der Waals surface area contributed by atoms with E-state index in [0.29, 0.717) is 11.3 Å². The fourth-order valence-electron chi connectivity index (χ4n) is 2.28. The average molecular weight is 496 g/mol. The van der Waals surface area contributed by atoms with Crippen LogP contribution in [-0.2, 0) is 14.8 Å². The van der Waals surface area contributed by atoms with Gasteiger partial charge in [-0.2, -0.15) is 13.2 Å². The highest BCUT2D eigenvalue weighted by molar-refractivity contribution is 9.09. The second-order valence-electron chi connectivity index (χ2n) is 5.78. The Hall–Kier alpha value is -2.11. The number of hydrogen-bond acceptors (Lipinski definition) is 5. The summed E-state index contributed by atoms with van der Waals surface area (Å²) < 4.78 is 72.2. The zero-order valence-electron chi connectivity index (χ0n) is 15.0. The van der Waals surface area contributed by atoms with E-state index >= 15 is 0 Å². The third kappa shape index (κ3) is 6.18. The fraction of sp³-hybridized carbons (Fsp3) is 0.278. The summed E-state index contributed by atoms with van der Waals surface area (Å²) in [6.07, 6.45) is -1.08. The molecule has 2 rings (SSSR count). The molecule has 0 aliphatic heterocycles. The van der Waals surface area contributed by atoms with Crippen molar-refractivity contribution in [3.63, 3.8) is 0 Å². The Morgan fingerprint density at radius 3 is 2.21 bits per heavy atom. The molecule has 11 heteroatoms. The Labute approximate surface area is 174 Å².